The molecule has 2 aromatic rings. The molecule has 0 bridgehead atoms. The highest BCUT2D eigenvalue weighted by atomic mass is 79.9. The van der Waals surface area contributed by atoms with E-state index in [-0.39, 0.29) is 12.5 Å². The monoisotopic (exact) mass is 364 g/mol. The highest BCUT2D eigenvalue weighted by Gasteiger charge is 2.11. The number of rotatable bonds is 4. The van der Waals surface area contributed by atoms with Gasteiger partial charge in [0.2, 0.25) is 0 Å². The predicted molar refractivity (Wildman–Crippen MR) is 84.7 cm³/mol. The average molecular weight is 366 g/mol. The molecule has 2 rings (SSSR count). The largest absolute Gasteiger partial charge is 0.479 e. The van der Waals surface area contributed by atoms with Crippen LogP contribution in [-0.4, -0.2) is 12.5 Å². The Morgan fingerprint density at radius 1 is 1.33 bits per heavy atom. The van der Waals surface area contributed by atoms with Crippen molar-refractivity contribution in [2.45, 2.75) is 0 Å². The van der Waals surface area contributed by atoms with Gasteiger partial charge in [-0.3, -0.25) is 4.79 Å². The van der Waals surface area contributed by atoms with Crippen LogP contribution in [0.25, 0.3) is 0 Å². The van der Waals surface area contributed by atoms with Gasteiger partial charge in [-0.05, 0) is 46.3 Å². The second-order valence-corrected chi connectivity index (χ2v) is 5.34. The zero-order valence-electron chi connectivity index (χ0n) is 10.8. The van der Waals surface area contributed by atoms with Crippen molar-refractivity contribution in [3.05, 3.63) is 57.5 Å². The molecule has 21 heavy (non-hydrogen) atoms. The molecule has 0 atom stereocenters. The second kappa shape index (κ2) is 7.11. The van der Waals surface area contributed by atoms with Crippen LogP contribution < -0.4 is 10.1 Å². The second-order valence-electron chi connectivity index (χ2n) is 4.05. The molecule has 0 spiro atoms. The Labute approximate surface area is 135 Å². The number of anilines is 1. The lowest BCUT2D eigenvalue weighted by atomic mass is 10.2. The molecule has 106 valence electrons. The van der Waals surface area contributed by atoms with Crippen molar-refractivity contribution >= 4 is 39.1 Å². The lowest BCUT2D eigenvalue weighted by Crippen LogP contribution is -2.12. The number of hydrogen-bond acceptors (Lipinski definition) is 3. The van der Waals surface area contributed by atoms with Crippen molar-refractivity contribution in [2.75, 3.05) is 11.9 Å². The Morgan fingerprint density at radius 2 is 2.14 bits per heavy atom. The van der Waals surface area contributed by atoms with Gasteiger partial charge in [0.25, 0.3) is 5.91 Å². The molecule has 6 heteroatoms. The van der Waals surface area contributed by atoms with Crippen LogP contribution in [0.3, 0.4) is 0 Å². The SMILES string of the molecule is N#CCOc1cccc(NC(=O)c2ccc(Cl)cc2Br)c1. The van der Waals surface area contributed by atoms with Crippen LogP contribution in [0.4, 0.5) is 5.69 Å². The Hall–Kier alpha value is -2.03. The Bertz CT molecular complexity index is 713. The molecule has 2 aromatic carbocycles. The van der Waals surface area contributed by atoms with Crippen LogP contribution >= 0.6 is 27.5 Å². The highest BCUT2D eigenvalue weighted by molar-refractivity contribution is 9.10. The van der Waals surface area contributed by atoms with Gasteiger partial charge in [0, 0.05) is 21.2 Å². The van der Waals surface area contributed by atoms with E-state index in [1.807, 2.05) is 6.07 Å². The van der Waals surface area contributed by atoms with Gasteiger partial charge in [-0.25, -0.2) is 0 Å². The molecule has 1 amide bonds. The lowest BCUT2D eigenvalue weighted by Gasteiger charge is -2.09. The molecule has 0 radical (unpaired) electrons. The van der Waals surface area contributed by atoms with Gasteiger partial charge in [0.15, 0.2) is 6.61 Å². The minimum absolute atomic E-state index is 0.0415. The van der Waals surface area contributed by atoms with E-state index in [1.165, 1.54) is 0 Å². The maximum atomic E-state index is 12.2. The number of hydrogen-bond donors (Lipinski definition) is 1. The molecular formula is C15H10BrClN2O2. The molecule has 1 N–H and O–H groups in total. The van der Waals surface area contributed by atoms with E-state index in [0.29, 0.717) is 26.5 Å². The standard InChI is InChI=1S/C15H10BrClN2O2/c16-14-8-10(17)4-5-13(14)15(20)19-11-2-1-3-12(9-11)21-7-6-18/h1-5,8-9H,7H2,(H,19,20). The number of carbonyl (C=O) groups excluding carboxylic acids is 1. The summed E-state index contributed by atoms with van der Waals surface area (Å²) in [5.41, 5.74) is 1.06. The topological polar surface area (TPSA) is 62.1 Å². The van der Waals surface area contributed by atoms with Crippen molar-refractivity contribution in [1.82, 2.24) is 0 Å². The number of nitrogens with zero attached hydrogens (tertiary/aromatic N) is 1. The van der Waals surface area contributed by atoms with E-state index >= 15 is 0 Å². The molecule has 0 aromatic heterocycles. The van der Waals surface area contributed by atoms with Crippen molar-refractivity contribution in [2.24, 2.45) is 0 Å². The molecule has 0 heterocycles. The molecule has 0 saturated heterocycles. The van der Waals surface area contributed by atoms with Crippen molar-refractivity contribution < 1.29 is 9.53 Å². The van der Waals surface area contributed by atoms with E-state index in [0.717, 1.165) is 0 Å². The summed E-state index contributed by atoms with van der Waals surface area (Å²) in [7, 11) is 0. The van der Waals surface area contributed by atoms with Gasteiger partial charge in [0.05, 0.1) is 5.56 Å². The number of carbonyl (C=O) groups is 1. The van der Waals surface area contributed by atoms with Crippen LogP contribution in [0, 0.1) is 11.3 Å². The molecule has 0 aliphatic heterocycles. The molecule has 0 aliphatic rings. The number of nitrogens with one attached hydrogen (secondary N) is 1. The first-order valence-corrected chi connectivity index (χ1v) is 7.13. The Morgan fingerprint density at radius 3 is 2.86 bits per heavy atom. The van der Waals surface area contributed by atoms with E-state index in [2.05, 4.69) is 21.2 Å². The minimum atomic E-state index is -0.268. The maximum Gasteiger partial charge on any atom is 0.256 e. The van der Waals surface area contributed by atoms with Gasteiger partial charge in [0.1, 0.15) is 11.8 Å². The maximum absolute atomic E-state index is 12.2. The van der Waals surface area contributed by atoms with Crippen molar-refractivity contribution in [1.29, 1.82) is 5.26 Å². The Balaban J connectivity index is 2.14. The third kappa shape index (κ3) is 4.22. The summed E-state index contributed by atoms with van der Waals surface area (Å²) in [6, 6.07) is 13.7. The van der Waals surface area contributed by atoms with Crippen LogP contribution in [0.2, 0.25) is 5.02 Å². The van der Waals surface area contributed by atoms with E-state index < -0.39 is 0 Å². The molecular weight excluding hydrogens is 356 g/mol. The fourth-order valence-corrected chi connectivity index (χ4v) is 2.51. The third-order valence-electron chi connectivity index (χ3n) is 2.57. The predicted octanol–water partition coefficient (Wildman–Crippen LogP) is 4.26. The lowest BCUT2D eigenvalue weighted by molar-refractivity contribution is 0.102. The smallest absolute Gasteiger partial charge is 0.256 e. The van der Waals surface area contributed by atoms with Gasteiger partial charge in [-0.2, -0.15) is 5.26 Å². The number of benzene rings is 2. The summed E-state index contributed by atoms with van der Waals surface area (Å²) in [5, 5.41) is 11.8. The van der Waals surface area contributed by atoms with Crippen LogP contribution in [-0.2, 0) is 0 Å². The fourth-order valence-electron chi connectivity index (χ4n) is 1.65. The van der Waals surface area contributed by atoms with Crippen molar-refractivity contribution in [3.63, 3.8) is 0 Å². The first-order valence-electron chi connectivity index (χ1n) is 5.96. The van der Waals surface area contributed by atoms with Crippen LogP contribution in [0.1, 0.15) is 10.4 Å². The van der Waals surface area contributed by atoms with E-state index in [4.69, 9.17) is 21.6 Å². The normalized spacial score (nSPS) is 9.76. The zero-order chi connectivity index (χ0) is 15.2. The summed E-state index contributed by atoms with van der Waals surface area (Å²) < 4.78 is 5.80. The van der Waals surface area contributed by atoms with Gasteiger partial charge < -0.3 is 10.1 Å². The summed E-state index contributed by atoms with van der Waals surface area (Å²) >= 11 is 9.15. The molecule has 4 nitrogen and oxygen atoms in total. The first kappa shape index (κ1) is 15.4. The van der Waals surface area contributed by atoms with Crippen LogP contribution in [0.5, 0.6) is 5.75 Å². The molecule has 0 fully saturated rings. The summed E-state index contributed by atoms with van der Waals surface area (Å²) in [5.74, 6) is 0.250. The van der Waals surface area contributed by atoms with E-state index in [9.17, 15) is 4.79 Å². The number of nitriles is 1. The van der Waals surface area contributed by atoms with Gasteiger partial charge in [-0.1, -0.05) is 17.7 Å². The molecule has 0 saturated carbocycles. The number of amides is 1. The quantitative estimate of drug-likeness (QED) is 0.880. The summed E-state index contributed by atoms with van der Waals surface area (Å²) in [6.45, 7) is -0.0415. The highest BCUT2D eigenvalue weighted by Crippen LogP contribution is 2.23. The molecule has 0 unspecified atom stereocenters. The number of halogens is 2. The van der Waals surface area contributed by atoms with Crippen LogP contribution in [0.15, 0.2) is 46.9 Å². The number of ether oxygens (including phenoxy) is 1. The summed E-state index contributed by atoms with van der Waals surface area (Å²) in [6.07, 6.45) is 0. The van der Waals surface area contributed by atoms with Gasteiger partial charge in [-0.15, -0.1) is 0 Å². The minimum Gasteiger partial charge on any atom is -0.479 e. The zero-order valence-corrected chi connectivity index (χ0v) is 13.1. The van der Waals surface area contributed by atoms with E-state index in [1.54, 1.807) is 42.5 Å². The fraction of sp³-hybridized carbons (Fsp3) is 0.0667. The Kier molecular flexibility index (Phi) is 5.20. The van der Waals surface area contributed by atoms with Crippen molar-refractivity contribution in [3.8, 4) is 11.8 Å². The van der Waals surface area contributed by atoms with Gasteiger partial charge >= 0.3 is 0 Å². The third-order valence-corrected chi connectivity index (χ3v) is 3.46. The first-order chi connectivity index (χ1) is 10.1. The average Bonchev–Trinajstić information content (AvgIpc) is 2.45. The molecule has 0 aliphatic carbocycles. The summed E-state index contributed by atoms with van der Waals surface area (Å²) in [4.78, 5) is 12.2.